The van der Waals surface area contributed by atoms with Gasteiger partial charge in [-0.3, -0.25) is 4.79 Å². The molecular weight excluding hydrogens is 316 g/mol. The molecule has 7 heteroatoms. The molecule has 140 valence electrons. The van der Waals surface area contributed by atoms with Gasteiger partial charge in [0, 0.05) is 13.5 Å². The third-order valence-corrected chi connectivity index (χ3v) is 3.69. The third kappa shape index (κ3) is 7.27. The molecule has 1 aliphatic heterocycles. The number of aliphatic carboxylic acids is 1. The first kappa shape index (κ1) is 21.1. The molecule has 0 bridgehead atoms. The van der Waals surface area contributed by atoms with Crippen LogP contribution in [0.3, 0.4) is 0 Å². The maximum atomic E-state index is 10.7. The van der Waals surface area contributed by atoms with Gasteiger partial charge in [-0.25, -0.2) is 0 Å². The lowest BCUT2D eigenvalue weighted by Gasteiger charge is -2.21. The zero-order chi connectivity index (χ0) is 18.2. The maximum absolute atomic E-state index is 10.7. The van der Waals surface area contributed by atoms with Crippen molar-refractivity contribution >= 4 is 5.97 Å². The summed E-state index contributed by atoms with van der Waals surface area (Å²) >= 11 is 0. The average Bonchev–Trinajstić information content (AvgIpc) is 2.81. The topological polar surface area (TPSA) is 94.5 Å². The van der Waals surface area contributed by atoms with Crippen molar-refractivity contribution in [2.75, 3.05) is 13.9 Å². The van der Waals surface area contributed by atoms with E-state index in [0.29, 0.717) is 12.8 Å². The molecule has 7 nitrogen and oxygen atoms in total. The number of ether oxygens (including phenoxy) is 4. The van der Waals surface area contributed by atoms with Gasteiger partial charge in [0.1, 0.15) is 19.0 Å². The van der Waals surface area contributed by atoms with Crippen LogP contribution >= 0.6 is 0 Å². The van der Waals surface area contributed by atoms with E-state index in [1.165, 1.54) is 7.11 Å². The quantitative estimate of drug-likeness (QED) is 0.437. The fourth-order valence-electron chi connectivity index (χ4n) is 2.61. The molecule has 0 aromatic carbocycles. The van der Waals surface area contributed by atoms with Crippen LogP contribution in [0.25, 0.3) is 0 Å². The minimum atomic E-state index is -0.882. The highest BCUT2D eigenvalue weighted by molar-refractivity contribution is 5.66. The van der Waals surface area contributed by atoms with Crippen molar-refractivity contribution < 1.29 is 34.0 Å². The fraction of sp³-hybridized carbons (Fsp3) is 0.824. The average molecular weight is 346 g/mol. The number of aliphatic hydroxyl groups excluding tert-OH is 1. The SMILES string of the molecule is CCC[C@@H](O)[C@H]1OC(C)(C)O[C@H]1/C=C/[C@@H](CCC(=O)O)OCOC. The molecule has 2 N–H and O–H groups in total. The van der Waals surface area contributed by atoms with Crippen LogP contribution in [0.1, 0.15) is 46.5 Å². The van der Waals surface area contributed by atoms with Crippen molar-refractivity contribution in [3.8, 4) is 0 Å². The highest BCUT2D eigenvalue weighted by Gasteiger charge is 2.43. The molecule has 24 heavy (non-hydrogen) atoms. The van der Waals surface area contributed by atoms with Crippen LogP contribution in [0.5, 0.6) is 0 Å². The zero-order valence-corrected chi connectivity index (χ0v) is 14.9. The Hall–Kier alpha value is -0.990. The minimum Gasteiger partial charge on any atom is -0.481 e. The van der Waals surface area contributed by atoms with Gasteiger partial charge in [0.25, 0.3) is 0 Å². The Kier molecular flexibility index (Phi) is 8.86. The number of carboxylic acid groups (broad SMARTS) is 1. The molecule has 0 radical (unpaired) electrons. The number of hydrogen-bond acceptors (Lipinski definition) is 6. The summed E-state index contributed by atoms with van der Waals surface area (Å²) in [5.74, 6) is -1.66. The summed E-state index contributed by atoms with van der Waals surface area (Å²) < 4.78 is 22.0. The smallest absolute Gasteiger partial charge is 0.303 e. The molecule has 1 heterocycles. The van der Waals surface area contributed by atoms with Gasteiger partial charge in [0.2, 0.25) is 0 Å². The Morgan fingerprint density at radius 2 is 2.04 bits per heavy atom. The summed E-state index contributed by atoms with van der Waals surface area (Å²) in [6, 6.07) is 0. The molecule has 1 saturated heterocycles. The van der Waals surface area contributed by atoms with Gasteiger partial charge in [-0.15, -0.1) is 0 Å². The molecule has 0 aliphatic carbocycles. The molecule has 0 aromatic heterocycles. The lowest BCUT2D eigenvalue weighted by Crippen LogP contribution is -2.34. The van der Waals surface area contributed by atoms with E-state index in [1.807, 2.05) is 6.92 Å². The summed E-state index contributed by atoms with van der Waals surface area (Å²) in [6.07, 6.45) is 3.42. The molecule has 0 unspecified atom stereocenters. The lowest BCUT2D eigenvalue weighted by atomic mass is 10.0. The van der Waals surface area contributed by atoms with E-state index >= 15 is 0 Å². The first-order valence-corrected chi connectivity index (χ1v) is 8.33. The Bertz CT molecular complexity index is 408. The Balaban J connectivity index is 2.74. The van der Waals surface area contributed by atoms with Crippen LogP contribution in [-0.4, -0.2) is 60.3 Å². The standard InChI is InChI=1S/C17H30O7/c1-5-6-13(18)16-14(23-17(2,3)24-16)9-7-12(22-11-21-4)8-10-15(19)20/h7,9,12-14,16,18H,5-6,8,10-11H2,1-4H3,(H,19,20)/b9-7+/t12-,13+,14-,16+/m0/s1. The Morgan fingerprint density at radius 3 is 2.62 bits per heavy atom. The summed E-state index contributed by atoms with van der Waals surface area (Å²) in [5.41, 5.74) is 0. The van der Waals surface area contributed by atoms with Crippen molar-refractivity contribution in [1.29, 1.82) is 0 Å². The largest absolute Gasteiger partial charge is 0.481 e. The van der Waals surface area contributed by atoms with Gasteiger partial charge in [0.15, 0.2) is 5.79 Å². The Morgan fingerprint density at radius 1 is 1.33 bits per heavy atom. The summed E-state index contributed by atoms with van der Waals surface area (Å²) in [4.78, 5) is 10.7. The first-order valence-electron chi connectivity index (χ1n) is 8.33. The van der Waals surface area contributed by atoms with Gasteiger partial charge < -0.3 is 29.2 Å². The normalized spacial score (nSPS) is 25.9. The summed E-state index contributed by atoms with van der Waals surface area (Å²) in [7, 11) is 1.51. The van der Waals surface area contributed by atoms with Crippen LogP contribution < -0.4 is 0 Å². The monoisotopic (exact) mass is 346 g/mol. The molecule has 0 aromatic rings. The van der Waals surface area contributed by atoms with Gasteiger partial charge in [-0.1, -0.05) is 25.5 Å². The lowest BCUT2D eigenvalue weighted by molar-refractivity contribution is -0.153. The number of carboxylic acids is 1. The van der Waals surface area contributed by atoms with E-state index in [9.17, 15) is 9.90 Å². The first-order chi connectivity index (χ1) is 11.3. The molecule has 1 aliphatic rings. The summed E-state index contributed by atoms with van der Waals surface area (Å²) in [5, 5.41) is 19.1. The second kappa shape index (κ2) is 10.1. The number of rotatable bonds is 11. The van der Waals surface area contributed by atoms with Crippen molar-refractivity contribution in [3.05, 3.63) is 12.2 Å². The Labute approximate surface area is 143 Å². The number of aliphatic hydroxyl groups is 1. The third-order valence-electron chi connectivity index (χ3n) is 3.69. The van der Waals surface area contributed by atoms with Crippen molar-refractivity contribution in [2.24, 2.45) is 0 Å². The molecule has 0 amide bonds. The molecule has 0 saturated carbocycles. The van der Waals surface area contributed by atoms with E-state index in [4.69, 9.17) is 24.1 Å². The highest BCUT2D eigenvalue weighted by atomic mass is 16.8. The van der Waals surface area contributed by atoms with Crippen LogP contribution in [0.2, 0.25) is 0 Å². The number of methoxy groups -OCH3 is 1. The molecular formula is C17H30O7. The number of hydrogen-bond donors (Lipinski definition) is 2. The van der Waals surface area contributed by atoms with Crippen molar-refractivity contribution in [2.45, 2.75) is 76.7 Å². The highest BCUT2D eigenvalue weighted by Crippen LogP contribution is 2.32. The van der Waals surface area contributed by atoms with Crippen molar-refractivity contribution in [3.63, 3.8) is 0 Å². The predicted octanol–water partition coefficient (Wildman–Crippen LogP) is 2.08. The van der Waals surface area contributed by atoms with Crippen LogP contribution in [0.4, 0.5) is 0 Å². The number of carbonyl (C=O) groups is 1. The van der Waals surface area contributed by atoms with Crippen LogP contribution in [0, 0.1) is 0 Å². The zero-order valence-electron chi connectivity index (χ0n) is 14.9. The van der Waals surface area contributed by atoms with Crippen LogP contribution in [0.15, 0.2) is 12.2 Å². The molecule has 1 fully saturated rings. The van der Waals surface area contributed by atoms with E-state index < -0.39 is 36.2 Å². The molecule has 0 spiro atoms. The fourth-order valence-corrected chi connectivity index (χ4v) is 2.61. The van der Waals surface area contributed by atoms with E-state index in [1.54, 1.807) is 26.0 Å². The van der Waals surface area contributed by atoms with Crippen LogP contribution in [-0.2, 0) is 23.7 Å². The van der Waals surface area contributed by atoms with Gasteiger partial charge in [-0.2, -0.15) is 0 Å². The second-order valence-electron chi connectivity index (χ2n) is 6.35. The predicted molar refractivity (Wildman–Crippen MR) is 87.5 cm³/mol. The van der Waals surface area contributed by atoms with Gasteiger partial charge in [0.05, 0.1) is 12.2 Å². The second-order valence-corrected chi connectivity index (χ2v) is 6.35. The van der Waals surface area contributed by atoms with Crippen molar-refractivity contribution in [1.82, 2.24) is 0 Å². The molecule has 4 atom stereocenters. The minimum absolute atomic E-state index is 0.00583. The molecule has 1 rings (SSSR count). The van der Waals surface area contributed by atoms with Gasteiger partial charge >= 0.3 is 5.97 Å². The van der Waals surface area contributed by atoms with E-state index in [-0.39, 0.29) is 13.2 Å². The van der Waals surface area contributed by atoms with E-state index in [2.05, 4.69) is 0 Å². The summed E-state index contributed by atoms with van der Waals surface area (Å²) in [6.45, 7) is 5.67. The van der Waals surface area contributed by atoms with Gasteiger partial charge in [-0.05, 0) is 26.7 Å². The van der Waals surface area contributed by atoms with E-state index in [0.717, 1.165) is 6.42 Å². The maximum Gasteiger partial charge on any atom is 0.303 e.